The van der Waals surface area contributed by atoms with Gasteiger partial charge in [-0.05, 0) is 47.5 Å². The molecule has 0 bridgehead atoms. The van der Waals surface area contributed by atoms with Gasteiger partial charge in [-0.3, -0.25) is 9.89 Å². The number of aromatic amines is 1. The van der Waals surface area contributed by atoms with Crippen molar-refractivity contribution in [2.45, 2.75) is 45.6 Å². The van der Waals surface area contributed by atoms with Gasteiger partial charge in [0.2, 0.25) is 0 Å². The number of H-pyrrole nitrogens is 1. The summed E-state index contributed by atoms with van der Waals surface area (Å²) in [5.74, 6) is 0.678. The number of rotatable bonds is 3. The number of nitrogens with two attached hydrogens (primary N) is 1. The zero-order valence-corrected chi connectivity index (χ0v) is 13.9. The lowest BCUT2D eigenvalue weighted by atomic mass is 9.92. The second-order valence-electron chi connectivity index (χ2n) is 5.97. The Bertz CT molecular complexity index is 484. The minimum Gasteiger partial charge on any atom is -0.337 e. The van der Waals surface area contributed by atoms with Gasteiger partial charge in [-0.1, -0.05) is 13.8 Å². The molecule has 2 atom stereocenters. The second-order valence-corrected chi connectivity index (χ2v) is 6.76. The Morgan fingerprint density at radius 1 is 1.50 bits per heavy atom. The summed E-state index contributed by atoms with van der Waals surface area (Å²) in [6, 6.07) is 0.124. The summed E-state index contributed by atoms with van der Waals surface area (Å²) in [5.41, 5.74) is 7.42. The number of nitrogens with one attached hydrogen (secondary N) is 1. The van der Waals surface area contributed by atoms with Crippen LogP contribution >= 0.6 is 15.9 Å². The molecule has 1 aliphatic rings. The highest BCUT2D eigenvalue weighted by Gasteiger charge is 2.29. The number of carbonyl (C=O) groups is 1. The minimum atomic E-state index is -0.00891. The Hall–Kier alpha value is -0.880. The fraction of sp³-hybridized carbons (Fsp3) is 0.714. The minimum absolute atomic E-state index is 0.00891. The van der Waals surface area contributed by atoms with E-state index >= 15 is 0 Å². The average molecular weight is 343 g/mol. The number of aromatic nitrogens is 2. The Morgan fingerprint density at radius 3 is 2.75 bits per heavy atom. The van der Waals surface area contributed by atoms with Crippen molar-refractivity contribution in [1.29, 1.82) is 0 Å². The first kappa shape index (κ1) is 15.5. The molecule has 5 nitrogen and oxygen atoms in total. The van der Waals surface area contributed by atoms with E-state index in [9.17, 15) is 4.79 Å². The van der Waals surface area contributed by atoms with Crippen LogP contribution in [0.5, 0.6) is 0 Å². The fourth-order valence-corrected chi connectivity index (χ4v) is 3.44. The number of amides is 1. The van der Waals surface area contributed by atoms with Crippen LogP contribution in [-0.2, 0) is 0 Å². The molecule has 20 heavy (non-hydrogen) atoms. The van der Waals surface area contributed by atoms with Crippen LogP contribution in [0.3, 0.4) is 0 Å². The zero-order chi connectivity index (χ0) is 14.9. The molecule has 6 heteroatoms. The van der Waals surface area contributed by atoms with Crippen molar-refractivity contribution in [3.8, 4) is 0 Å². The van der Waals surface area contributed by atoms with E-state index in [1.54, 1.807) is 0 Å². The van der Waals surface area contributed by atoms with E-state index in [0.29, 0.717) is 17.5 Å². The molecule has 3 N–H and O–H groups in total. The molecule has 1 aromatic rings. The quantitative estimate of drug-likeness (QED) is 0.885. The maximum atomic E-state index is 12.6. The molecule has 0 saturated carbocycles. The molecule has 1 aromatic heterocycles. The van der Waals surface area contributed by atoms with E-state index in [2.05, 4.69) is 40.0 Å². The SMILES string of the molecule is CC(C)c1[nH]nc(C(=O)N2CCCC(C(C)N)C2)c1Br. The lowest BCUT2D eigenvalue weighted by Crippen LogP contribution is -2.45. The summed E-state index contributed by atoms with van der Waals surface area (Å²) in [6.07, 6.45) is 2.11. The molecule has 0 aromatic carbocycles. The van der Waals surface area contributed by atoms with Crippen molar-refractivity contribution >= 4 is 21.8 Å². The first-order valence-corrected chi connectivity index (χ1v) is 7.99. The molecule has 2 rings (SSSR count). The van der Waals surface area contributed by atoms with Crippen molar-refractivity contribution < 1.29 is 4.79 Å². The highest BCUT2D eigenvalue weighted by Crippen LogP contribution is 2.28. The number of likely N-dealkylation sites (tertiary alicyclic amines) is 1. The Kier molecular flexibility index (Phi) is 4.86. The van der Waals surface area contributed by atoms with Crippen LogP contribution in [0.4, 0.5) is 0 Å². The molecule has 0 radical (unpaired) electrons. The topological polar surface area (TPSA) is 75.0 Å². The van der Waals surface area contributed by atoms with Crippen LogP contribution in [0.15, 0.2) is 4.47 Å². The molecule has 0 aliphatic carbocycles. The Labute approximate surface area is 128 Å². The molecule has 1 fully saturated rings. The second kappa shape index (κ2) is 6.26. The number of halogens is 1. The van der Waals surface area contributed by atoms with E-state index in [1.165, 1.54) is 0 Å². The van der Waals surface area contributed by atoms with Crippen LogP contribution < -0.4 is 5.73 Å². The van der Waals surface area contributed by atoms with Crippen molar-refractivity contribution in [3.63, 3.8) is 0 Å². The number of nitrogens with zero attached hydrogens (tertiary/aromatic N) is 2. The summed E-state index contributed by atoms with van der Waals surface area (Å²) in [4.78, 5) is 14.5. The molecule has 112 valence electrons. The largest absolute Gasteiger partial charge is 0.337 e. The van der Waals surface area contributed by atoms with E-state index in [0.717, 1.165) is 36.1 Å². The fourth-order valence-electron chi connectivity index (χ4n) is 2.64. The molecule has 1 saturated heterocycles. The van der Waals surface area contributed by atoms with Gasteiger partial charge in [0.1, 0.15) is 0 Å². The van der Waals surface area contributed by atoms with Gasteiger partial charge in [-0.2, -0.15) is 5.10 Å². The molecular weight excluding hydrogens is 320 g/mol. The van der Waals surface area contributed by atoms with Gasteiger partial charge in [0.05, 0.1) is 10.2 Å². The third-order valence-corrected chi connectivity index (χ3v) is 4.80. The van der Waals surface area contributed by atoms with Crippen LogP contribution in [0.25, 0.3) is 0 Å². The van der Waals surface area contributed by atoms with Gasteiger partial charge in [-0.25, -0.2) is 0 Å². The highest BCUT2D eigenvalue weighted by molar-refractivity contribution is 9.10. The maximum Gasteiger partial charge on any atom is 0.275 e. The van der Waals surface area contributed by atoms with Crippen LogP contribution in [0, 0.1) is 5.92 Å². The molecule has 1 amide bonds. The first-order chi connectivity index (χ1) is 9.41. The zero-order valence-electron chi connectivity index (χ0n) is 12.3. The normalized spacial score (nSPS) is 21.3. The van der Waals surface area contributed by atoms with Crippen LogP contribution in [0.2, 0.25) is 0 Å². The molecule has 2 unspecified atom stereocenters. The molecule has 2 heterocycles. The van der Waals surface area contributed by atoms with Gasteiger partial charge in [0.25, 0.3) is 5.91 Å². The lowest BCUT2D eigenvalue weighted by Gasteiger charge is -2.34. The standard InChI is InChI=1S/C14H23BrN4O/c1-8(2)12-11(15)13(18-17-12)14(20)19-6-4-5-10(7-19)9(3)16/h8-10H,4-7,16H2,1-3H3,(H,17,18). The van der Waals surface area contributed by atoms with Gasteiger partial charge < -0.3 is 10.6 Å². The third-order valence-electron chi connectivity index (χ3n) is 4.00. The number of hydrogen-bond donors (Lipinski definition) is 2. The van der Waals surface area contributed by atoms with E-state index in [1.807, 2.05) is 11.8 Å². The number of carbonyl (C=O) groups excluding carboxylic acids is 1. The lowest BCUT2D eigenvalue weighted by molar-refractivity contribution is 0.0654. The van der Waals surface area contributed by atoms with E-state index in [4.69, 9.17) is 5.73 Å². The summed E-state index contributed by atoms with van der Waals surface area (Å²) in [6.45, 7) is 7.67. The number of piperidine rings is 1. The maximum absolute atomic E-state index is 12.6. The predicted octanol–water partition coefficient (Wildman–Crippen LogP) is 2.50. The molecule has 1 aliphatic heterocycles. The van der Waals surface area contributed by atoms with Gasteiger partial charge in [0, 0.05) is 19.1 Å². The van der Waals surface area contributed by atoms with Crippen molar-refractivity contribution in [3.05, 3.63) is 15.9 Å². The van der Waals surface area contributed by atoms with Crippen molar-refractivity contribution in [2.24, 2.45) is 11.7 Å². The average Bonchev–Trinajstić information content (AvgIpc) is 2.80. The summed E-state index contributed by atoms with van der Waals surface area (Å²) >= 11 is 3.50. The molecular formula is C14H23BrN4O. The number of hydrogen-bond acceptors (Lipinski definition) is 3. The monoisotopic (exact) mass is 342 g/mol. The van der Waals surface area contributed by atoms with Gasteiger partial charge >= 0.3 is 0 Å². The van der Waals surface area contributed by atoms with Crippen molar-refractivity contribution in [2.75, 3.05) is 13.1 Å². The Balaban J connectivity index is 2.15. The smallest absolute Gasteiger partial charge is 0.275 e. The van der Waals surface area contributed by atoms with E-state index in [-0.39, 0.29) is 11.9 Å². The van der Waals surface area contributed by atoms with E-state index < -0.39 is 0 Å². The molecule has 0 spiro atoms. The predicted molar refractivity (Wildman–Crippen MR) is 82.7 cm³/mol. The summed E-state index contributed by atoms with van der Waals surface area (Å²) in [7, 11) is 0. The highest BCUT2D eigenvalue weighted by atomic mass is 79.9. The van der Waals surface area contributed by atoms with Crippen LogP contribution in [-0.4, -0.2) is 40.1 Å². The Morgan fingerprint density at radius 2 is 2.20 bits per heavy atom. The summed E-state index contributed by atoms with van der Waals surface area (Å²) < 4.78 is 0.792. The third kappa shape index (κ3) is 3.06. The first-order valence-electron chi connectivity index (χ1n) is 7.20. The van der Waals surface area contributed by atoms with Crippen molar-refractivity contribution in [1.82, 2.24) is 15.1 Å². The summed E-state index contributed by atoms with van der Waals surface area (Å²) in [5, 5.41) is 7.15. The van der Waals surface area contributed by atoms with Gasteiger partial charge in [0.15, 0.2) is 5.69 Å². The van der Waals surface area contributed by atoms with Crippen LogP contribution in [0.1, 0.15) is 55.7 Å². The van der Waals surface area contributed by atoms with Gasteiger partial charge in [-0.15, -0.1) is 0 Å².